The van der Waals surface area contributed by atoms with E-state index in [0.29, 0.717) is 23.9 Å². The molecule has 0 fully saturated rings. The lowest BCUT2D eigenvalue weighted by Gasteiger charge is -2.11. The van der Waals surface area contributed by atoms with Crippen molar-refractivity contribution in [2.24, 2.45) is 0 Å². The molecule has 0 aliphatic rings. The average molecular weight is 245 g/mol. The fourth-order valence-corrected chi connectivity index (χ4v) is 1.70. The summed E-state index contributed by atoms with van der Waals surface area (Å²) in [4.78, 5) is 20.1. The molecule has 0 saturated carbocycles. The molecule has 0 atom stereocenters. The molecular weight excluding hydrogens is 230 g/mol. The van der Waals surface area contributed by atoms with Gasteiger partial charge in [-0.05, 0) is 19.9 Å². The molecule has 5 heteroatoms. The summed E-state index contributed by atoms with van der Waals surface area (Å²) < 4.78 is 7.10. The van der Waals surface area contributed by atoms with Gasteiger partial charge < -0.3 is 4.74 Å². The zero-order chi connectivity index (χ0) is 13.0. The number of aromatic nitrogens is 3. The highest BCUT2D eigenvalue weighted by atomic mass is 16.5. The van der Waals surface area contributed by atoms with Gasteiger partial charge >= 0.3 is 0 Å². The molecule has 0 aliphatic carbocycles. The van der Waals surface area contributed by atoms with Crippen LogP contribution in [-0.4, -0.2) is 14.5 Å². The van der Waals surface area contributed by atoms with Crippen LogP contribution in [0.3, 0.4) is 0 Å². The van der Waals surface area contributed by atoms with Gasteiger partial charge in [0.25, 0.3) is 5.56 Å². The summed E-state index contributed by atoms with van der Waals surface area (Å²) in [6, 6.07) is 6.95. The molecule has 0 bridgehead atoms. The first-order valence-corrected chi connectivity index (χ1v) is 5.82. The smallest absolute Gasteiger partial charge is 0.253 e. The van der Waals surface area contributed by atoms with Crippen LogP contribution in [0.5, 0.6) is 5.88 Å². The number of rotatable bonds is 4. The van der Waals surface area contributed by atoms with Crippen LogP contribution >= 0.6 is 0 Å². The molecule has 2 heterocycles. The minimum absolute atomic E-state index is 0.0513. The van der Waals surface area contributed by atoms with E-state index in [1.54, 1.807) is 23.8 Å². The maximum Gasteiger partial charge on any atom is 0.253 e. The first kappa shape index (κ1) is 12.3. The fourth-order valence-electron chi connectivity index (χ4n) is 1.70. The van der Waals surface area contributed by atoms with Crippen molar-refractivity contribution in [3.63, 3.8) is 0 Å². The number of hydrogen-bond donors (Lipinski definition) is 0. The van der Waals surface area contributed by atoms with Crippen molar-refractivity contribution in [3.05, 3.63) is 52.3 Å². The van der Waals surface area contributed by atoms with Gasteiger partial charge in [-0.3, -0.25) is 9.36 Å². The highest BCUT2D eigenvalue weighted by Gasteiger charge is 2.06. The van der Waals surface area contributed by atoms with Gasteiger partial charge in [-0.1, -0.05) is 6.07 Å². The minimum atomic E-state index is -0.0513. The Balaban J connectivity index is 2.21. The van der Waals surface area contributed by atoms with Crippen LogP contribution in [0.2, 0.25) is 0 Å². The van der Waals surface area contributed by atoms with Crippen molar-refractivity contribution in [1.29, 1.82) is 0 Å². The molecule has 18 heavy (non-hydrogen) atoms. The molecule has 0 spiro atoms. The van der Waals surface area contributed by atoms with Gasteiger partial charge in [0.2, 0.25) is 5.88 Å². The third kappa shape index (κ3) is 2.74. The van der Waals surface area contributed by atoms with Crippen LogP contribution < -0.4 is 10.3 Å². The summed E-state index contributed by atoms with van der Waals surface area (Å²) in [6.07, 6.45) is 1.66. The minimum Gasteiger partial charge on any atom is -0.469 e. The lowest BCUT2D eigenvalue weighted by molar-refractivity contribution is 0.275. The number of aryl methyl sites for hydroxylation is 1. The monoisotopic (exact) mass is 245 g/mol. The predicted octanol–water partition coefficient (Wildman–Crippen LogP) is 1.55. The molecule has 0 amide bonds. The topological polar surface area (TPSA) is 57.0 Å². The van der Waals surface area contributed by atoms with E-state index in [2.05, 4.69) is 9.97 Å². The third-order valence-electron chi connectivity index (χ3n) is 2.52. The van der Waals surface area contributed by atoms with E-state index in [4.69, 9.17) is 4.74 Å². The Morgan fingerprint density at radius 1 is 1.39 bits per heavy atom. The third-order valence-corrected chi connectivity index (χ3v) is 2.52. The van der Waals surface area contributed by atoms with Crippen LogP contribution in [0.1, 0.15) is 18.4 Å². The molecule has 0 aromatic carbocycles. The Labute approximate surface area is 105 Å². The van der Waals surface area contributed by atoms with Crippen molar-refractivity contribution in [3.8, 4) is 5.88 Å². The first-order chi connectivity index (χ1) is 8.70. The maximum atomic E-state index is 11.8. The molecule has 0 unspecified atom stereocenters. The van der Waals surface area contributed by atoms with E-state index >= 15 is 0 Å². The Kier molecular flexibility index (Phi) is 3.72. The van der Waals surface area contributed by atoms with Crippen LogP contribution in [0.25, 0.3) is 0 Å². The van der Waals surface area contributed by atoms with Gasteiger partial charge in [0.05, 0.1) is 0 Å². The molecule has 0 N–H and O–H groups in total. The van der Waals surface area contributed by atoms with E-state index in [-0.39, 0.29) is 12.2 Å². The predicted molar refractivity (Wildman–Crippen MR) is 67.5 cm³/mol. The quantitative estimate of drug-likeness (QED) is 0.820. The molecule has 2 rings (SSSR count). The summed E-state index contributed by atoms with van der Waals surface area (Å²) >= 11 is 0. The second-order valence-corrected chi connectivity index (χ2v) is 3.85. The summed E-state index contributed by atoms with van der Waals surface area (Å²) in [5, 5.41) is 0. The van der Waals surface area contributed by atoms with E-state index < -0.39 is 0 Å². The molecule has 2 aromatic heterocycles. The molecule has 0 aliphatic heterocycles. The number of pyridine rings is 1. The molecular formula is C13H15N3O2. The highest BCUT2D eigenvalue weighted by molar-refractivity contribution is 5.10. The Morgan fingerprint density at radius 2 is 2.22 bits per heavy atom. The van der Waals surface area contributed by atoms with Gasteiger partial charge in [-0.2, -0.15) is 0 Å². The van der Waals surface area contributed by atoms with Crippen LogP contribution in [0.15, 0.2) is 35.3 Å². The molecule has 5 nitrogen and oxygen atoms in total. The summed E-state index contributed by atoms with van der Waals surface area (Å²) in [5.74, 6) is 1.14. The van der Waals surface area contributed by atoms with E-state index in [1.807, 2.05) is 19.1 Å². The van der Waals surface area contributed by atoms with Crippen molar-refractivity contribution in [1.82, 2.24) is 14.5 Å². The highest BCUT2D eigenvalue weighted by Crippen LogP contribution is 2.06. The zero-order valence-electron chi connectivity index (χ0n) is 10.5. The van der Waals surface area contributed by atoms with Crippen molar-refractivity contribution in [2.75, 3.05) is 0 Å². The van der Waals surface area contributed by atoms with Crippen LogP contribution in [0, 0.1) is 6.92 Å². The van der Waals surface area contributed by atoms with E-state index in [0.717, 1.165) is 0 Å². The Morgan fingerprint density at radius 3 is 2.89 bits per heavy atom. The normalized spacial score (nSPS) is 10.3. The Bertz CT molecular complexity index is 579. The maximum absolute atomic E-state index is 11.8. The number of ether oxygens (including phenoxy) is 1. The molecule has 0 radical (unpaired) electrons. The standard InChI is InChI=1S/C13H15N3O2/c1-3-16-11(15-10(2)8-13(16)17)9-18-12-6-4-5-7-14-12/h4-8H,3,9H2,1-2H3. The largest absolute Gasteiger partial charge is 0.469 e. The summed E-state index contributed by atoms with van der Waals surface area (Å²) in [5.41, 5.74) is 0.647. The molecule has 0 saturated heterocycles. The summed E-state index contributed by atoms with van der Waals surface area (Å²) in [6.45, 7) is 4.52. The van der Waals surface area contributed by atoms with E-state index in [1.165, 1.54) is 6.07 Å². The van der Waals surface area contributed by atoms with Gasteiger partial charge in [0.15, 0.2) is 0 Å². The van der Waals surface area contributed by atoms with Crippen molar-refractivity contribution in [2.45, 2.75) is 27.0 Å². The summed E-state index contributed by atoms with van der Waals surface area (Å²) in [7, 11) is 0. The van der Waals surface area contributed by atoms with Crippen LogP contribution in [-0.2, 0) is 13.2 Å². The lowest BCUT2D eigenvalue weighted by Crippen LogP contribution is -2.25. The number of nitrogens with zero attached hydrogens (tertiary/aromatic N) is 3. The lowest BCUT2D eigenvalue weighted by atomic mass is 10.4. The van der Waals surface area contributed by atoms with Crippen LogP contribution in [0.4, 0.5) is 0 Å². The zero-order valence-corrected chi connectivity index (χ0v) is 10.5. The second-order valence-electron chi connectivity index (χ2n) is 3.85. The second kappa shape index (κ2) is 5.44. The first-order valence-electron chi connectivity index (χ1n) is 5.82. The fraction of sp³-hybridized carbons (Fsp3) is 0.308. The van der Waals surface area contributed by atoms with Gasteiger partial charge in [0, 0.05) is 30.6 Å². The SMILES string of the molecule is CCn1c(COc2ccccn2)nc(C)cc1=O. The van der Waals surface area contributed by atoms with Crippen molar-refractivity contribution >= 4 is 0 Å². The van der Waals surface area contributed by atoms with Crippen molar-refractivity contribution < 1.29 is 4.74 Å². The van der Waals surface area contributed by atoms with Gasteiger partial charge in [-0.25, -0.2) is 9.97 Å². The molecule has 2 aromatic rings. The molecule has 94 valence electrons. The average Bonchev–Trinajstić information content (AvgIpc) is 2.37. The van der Waals surface area contributed by atoms with Gasteiger partial charge in [0.1, 0.15) is 12.4 Å². The Hall–Kier alpha value is -2.17. The van der Waals surface area contributed by atoms with Gasteiger partial charge in [-0.15, -0.1) is 0 Å². The van der Waals surface area contributed by atoms with E-state index in [9.17, 15) is 4.79 Å². The number of hydrogen-bond acceptors (Lipinski definition) is 4.